The summed E-state index contributed by atoms with van der Waals surface area (Å²) in [5, 5.41) is 10.4. The lowest BCUT2D eigenvalue weighted by molar-refractivity contribution is 0.304. The number of hydrogen-bond acceptors (Lipinski definition) is 3. The number of anilines is 2. The van der Waals surface area contributed by atoms with Crippen LogP contribution in [0.1, 0.15) is 63.9 Å². The molecule has 0 aliphatic carbocycles. The summed E-state index contributed by atoms with van der Waals surface area (Å²) >= 11 is 10.3. The summed E-state index contributed by atoms with van der Waals surface area (Å²) in [6, 6.07) is 16.3. The minimum atomic E-state index is 0.257. The van der Waals surface area contributed by atoms with Crippen molar-refractivity contribution >= 4 is 46.0 Å². The van der Waals surface area contributed by atoms with Crippen molar-refractivity contribution in [2.45, 2.75) is 64.7 Å². The predicted molar refractivity (Wildman–Crippen MR) is 149 cm³/mol. The van der Waals surface area contributed by atoms with Gasteiger partial charge in [0.05, 0.1) is 6.61 Å². The molecule has 0 heterocycles. The van der Waals surface area contributed by atoms with Gasteiger partial charge in [0.1, 0.15) is 5.75 Å². The molecular weight excluding hydrogens is 448 g/mol. The summed E-state index contributed by atoms with van der Waals surface area (Å²) in [6.45, 7) is 3.84. The van der Waals surface area contributed by atoms with Gasteiger partial charge in [-0.2, -0.15) is 0 Å². The second-order valence-electron chi connectivity index (χ2n) is 8.17. The van der Waals surface area contributed by atoms with Crippen LogP contribution in [0.3, 0.4) is 0 Å². The topological polar surface area (TPSA) is 71.3 Å². The summed E-state index contributed by atoms with van der Waals surface area (Å²) in [6.07, 6.45) is 10.6. The molecule has 2 rings (SSSR count). The van der Waals surface area contributed by atoms with Gasteiger partial charge in [0, 0.05) is 24.0 Å². The van der Waals surface area contributed by atoms with E-state index in [4.69, 9.17) is 34.9 Å². The van der Waals surface area contributed by atoms with Crippen LogP contribution in [-0.4, -0.2) is 23.4 Å². The van der Waals surface area contributed by atoms with Crippen LogP contribution < -0.4 is 26.4 Å². The lowest BCUT2D eigenvalue weighted by Gasteiger charge is -2.11. The number of hydrogen-bond donors (Lipinski definition) is 4. The van der Waals surface area contributed by atoms with Crippen molar-refractivity contribution in [2.75, 3.05) is 23.8 Å². The molecule has 0 aromatic heterocycles. The zero-order chi connectivity index (χ0) is 23.7. The maximum Gasteiger partial charge on any atom is 0.170 e. The van der Waals surface area contributed by atoms with Gasteiger partial charge < -0.3 is 26.4 Å². The molecule has 0 spiro atoms. The Labute approximate surface area is 209 Å². The van der Waals surface area contributed by atoms with Crippen LogP contribution in [0.25, 0.3) is 0 Å². The van der Waals surface area contributed by atoms with E-state index >= 15 is 0 Å². The van der Waals surface area contributed by atoms with Gasteiger partial charge in [-0.3, -0.25) is 0 Å². The van der Waals surface area contributed by atoms with E-state index in [1.165, 1.54) is 44.1 Å². The number of rotatable bonds is 15. The van der Waals surface area contributed by atoms with Gasteiger partial charge in [0.2, 0.25) is 0 Å². The number of unbranched alkanes of at least 4 members (excludes halogenated alkanes) is 6. The third-order valence-electron chi connectivity index (χ3n) is 5.26. The van der Waals surface area contributed by atoms with Crippen molar-refractivity contribution in [3.8, 4) is 5.75 Å². The van der Waals surface area contributed by atoms with E-state index in [1.807, 2.05) is 24.3 Å². The minimum absolute atomic E-state index is 0.257. The van der Waals surface area contributed by atoms with Crippen LogP contribution in [0.5, 0.6) is 5.75 Å². The summed E-state index contributed by atoms with van der Waals surface area (Å²) < 4.78 is 5.82. The van der Waals surface area contributed by atoms with Crippen molar-refractivity contribution in [3.63, 3.8) is 0 Å². The molecule has 0 radical (unpaired) electrons. The molecular formula is C26H38N4OS2. The first-order chi connectivity index (χ1) is 16.1. The second-order valence-corrected chi connectivity index (χ2v) is 9.02. The molecule has 5 N–H and O–H groups in total. The molecule has 0 fully saturated rings. The monoisotopic (exact) mass is 486 g/mol. The molecule has 0 atom stereocenters. The van der Waals surface area contributed by atoms with Crippen molar-refractivity contribution in [1.29, 1.82) is 0 Å². The Hall–Kier alpha value is -2.38. The van der Waals surface area contributed by atoms with E-state index in [9.17, 15) is 0 Å². The highest BCUT2D eigenvalue weighted by Gasteiger charge is 2.00. The predicted octanol–water partition coefficient (Wildman–Crippen LogP) is 6.39. The van der Waals surface area contributed by atoms with Crippen molar-refractivity contribution in [1.82, 2.24) is 5.32 Å². The summed E-state index contributed by atoms with van der Waals surface area (Å²) in [4.78, 5) is 0. The van der Waals surface area contributed by atoms with Gasteiger partial charge in [-0.25, -0.2) is 0 Å². The highest BCUT2D eigenvalue weighted by Crippen LogP contribution is 2.18. The Morgan fingerprint density at radius 3 is 2.30 bits per heavy atom. The first-order valence-electron chi connectivity index (χ1n) is 12.0. The highest BCUT2D eigenvalue weighted by molar-refractivity contribution is 7.80. The van der Waals surface area contributed by atoms with E-state index in [0.29, 0.717) is 5.11 Å². The fourth-order valence-electron chi connectivity index (χ4n) is 3.44. The van der Waals surface area contributed by atoms with Crippen molar-refractivity contribution in [3.05, 3.63) is 54.1 Å². The van der Waals surface area contributed by atoms with E-state index in [1.54, 1.807) is 0 Å². The first-order valence-corrected chi connectivity index (χ1v) is 12.8. The van der Waals surface area contributed by atoms with Crippen LogP contribution in [-0.2, 0) is 6.42 Å². The quantitative estimate of drug-likeness (QED) is 0.172. The largest absolute Gasteiger partial charge is 0.494 e. The number of aryl methyl sites for hydroxylation is 1. The molecule has 0 saturated carbocycles. The number of thiocarbonyl (C=S) groups is 2. The fraction of sp³-hybridized carbons (Fsp3) is 0.462. The molecule has 0 amide bonds. The Kier molecular flexibility index (Phi) is 13.2. The van der Waals surface area contributed by atoms with Crippen LogP contribution >= 0.6 is 24.4 Å². The van der Waals surface area contributed by atoms with Crippen molar-refractivity contribution < 1.29 is 4.74 Å². The Morgan fingerprint density at radius 1 is 0.848 bits per heavy atom. The maximum absolute atomic E-state index is 5.82. The van der Waals surface area contributed by atoms with Crippen LogP contribution in [0, 0.1) is 0 Å². The average Bonchev–Trinajstić information content (AvgIpc) is 2.79. The van der Waals surface area contributed by atoms with Crippen LogP contribution in [0.2, 0.25) is 0 Å². The number of nitrogens with two attached hydrogens (primary N) is 1. The summed E-state index contributed by atoms with van der Waals surface area (Å²) in [7, 11) is 0. The Balaban J connectivity index is 1.45. The Morgan fingerprint density at radius 2 is 1.58 bits per heavy atom. The van der Waals surface area contributed by atoms with E-state index in [-0.39, 0.29) is 5.11 Å². The molecule has 2 aromatic carbocycles. The zero-order valence-electron chi connectivity index (χ0n) is 19.7. The van der Waals surface area contributed by atoms with Gasteiger partial charge in [0.15, 0.2) is 10.2 Å². The zero-order valence-corrected chi connectivity index (χ0v) is 21.3. The number of nitrogens with one attached hydrogen (secondary N) is 3. The molecule has 180 valence electrons. The standard InChI is InChI=1S/C26H38N4OS2/c1-2-3-11-21-14-16-22(17-15-21)30-26(33)28-18-8-6-4-5-7-9-19-31-24-13-10-12-23(20-24)29-25(27)32/h10,12-17,20H,2-9,11,18-19H2,1H3,(H3,27,29,32)(H2,28,30,33). The molecule has 33 heavy (non-hydrogen) atoms. The van der Waals surface area contributed by atoms with E-state index in [0.717, 1.165) is 49.5 Å². The summed E-state index contributed by atoms with van der Waals surface area (Å²) in [5.41, 5.74) is 8.78. The lowest BCUT2D eigenvalue weighted by Crippen LogP contribution is -2.29. The van der Waals surface area contributed by atoms with Crippen LogP contribution in [0.4, 0.5) is 11.4 Å². The molecule has 0 bridgehead atoms. The molecule has 7 heteroatoms. The fourth-order valence-corrected chi connectivity index (χ4v) is 3.78. The molecule has 2 aromatic rings. The first kappa shape index (κ1) is 26.9. The van der Waals surface area contributed by atoms with Gasteiger partial charge >= 0.3 is 0 Å². The summed E-state index contributed by atoms with van der Waals surface area (Å²) in [5.74, 6) is 0.833. The smallest absolute Gasteiger partial charge is 0.170 e. The van der Waals surface area contributed by atoms with E-state index in [2.05, 4.69) is 47.1 Å². The highest BCUT2D eigenvalue weighted by atomic mass is 32.1. The van der Waals surface area contributed by atoms with Gasteiger partial charge in [-0.15, -0.1) is 0 Å². The third-order valence-corrected chi connectivity index (χ3v) is 5.61. The Bertz CT molecular complexity index is 842. The van der Waals surface area contributed by atoms with Crippen LogP contribution in [0.15, 0.2) is 48.5 Å². The number of benzene rings is 2. The maximum atomic E-state index is 5.82. The number of ether oxygens (including phenoxy) is 1. The van der Waals surface area contributed by atoms with E-state index < -0.39 is 0 Å². The lowest BCUT2D eigenvalue weighted by atomic mass is 10.1. The van der Waals surface area contributed by atoms with Crippen molar-refractivity contribution in [2.24, 2.45) is 5.73 Å². The minimum Gasteiger partial charge on any atom is -0.494 e. The average molecular weight is 487 g/mol. The van der Waals surface area contributed by atoms with Gasteiger partial charge in [-0.1, -0.05) is 57.2 Å². The molecule has 0 aliphatic rings. The normalized spacial score (nSPS) is 10.5. The second kappa shape index (κ2) is 16.3. The molecule has 0 unspecified atom stereocenters. The third kappa shape index (κ3) is 12.4. The molecule has 0 saturated heterocycles. The molecule has 0 aliphatic heterocycles. The van der Waals surface area contributed by atoms with Gasteiger partial charge in [0.25, 0.3) is 0 Å². The molecule has 5 nitrogen and oxygen atoms in total. The van der Waals surface area contributed by atoms with Gasteiger partial charge in [-0.05, 0) is 79.9 Å². The SMILES string of the molecule is CCCCc1ccc(NC(=S)NCCCCCCCCOc2cccc(NC(N)=S)c2)cc1.